The number of nitrogens with zero attached hydrogens (tertiary/aromatic N) is 4. The second-order valence-electron chi connectivity index (χ2n) is 6.29. The summed E-state index contributed by atoms with van der Waals surface area (Å²) in [5.74, 6) is -0.306. The van der Waals surface area contributed by atoms with E-state index in [4.69, 9.17) is 0 Å². The lowest BCUT2D eigenvalue weighted by molar-refractivity contribution is -0.115. The Hall–Kier alpha value is -2.63. The molecule has 0 saturated carbocycles. The van der Waals surface area contributed by atoms with E-state index < -0.39 is 11.2 Å². The molecule has 29 heavy (non-hydrogen) atoms. The molecular weight excluding hydrogens is 478 g/mol. The van der Waals surface area contributed by atoms with Crippen LogP contribution in [0.1, 0.15) is 5.56 Å². The molecule has 0 saturated heterocycles. The number of benzene rings is 1. The fourth-order valence-corrected chi connectivity index (χ4v) is 4.93. The number of aromatic nitrogens is 4. The van der Waals surface area contributed by atoms with E-state index in [1.165, 1.54) is 34.3 Å². The fourth-order valence-electron chi connectivity index (χ4n) is 2.87. The molecule has 1 N–H and O–H groups in total. The van der Waals surface area contributed by atoms with E-state index in [0.717, 1.165) is 14.6 Å². The highest BCUT2D eigenvalue weighted by molar-refractivity contribution is 9.10. The Morgan fingerprint density at radius 3 is 2.59 bits per heavy atom. The molecule has 0 fully saturated rings. The van der Waals surface area contributed by atoms with Gasteiger partial charge in [0.1, 0.15) is 9.84 Å². The molecule has 148 valence electrons. The van der Waals surface area contributed by atoms with E-state index in [9.17, 15) is 14.4 Å². The van der Waals surface area contributed by atoms with Gasteiger partial charge in [0.2, 0.25) is 11.0 Å². The highest BCUT2D eigenvalue weighted by Crippen LogP contribution is 2.28. The third-order valence-corrected chi connectivity index (χ3v) is 6.88. The minimum Gasteiger partial charge on any atom is -0.300 e. The summed E-state index contributed by atoms with van der Waals surface area (Å²) in [5.41, 5.74) is 0.686. The molecule has 3 heterocycles. The van der Waals surface area contributed by atoms with Crippen molar-refractivity contribution in [2.75, 3.05) is 5.32 Å². The molecule has 0 bridgehead atoms. The maximum Gasteiger partial charge on any atom is 0.331 e. The third-order valence-electron chi connectivity index (χ3n) is 4.36. The summed E-state index contributed by atoms with van der Waals surface area (Å²) in [6, 6.07) is 7.64. The van der Waals surface area contributed by atoms with Gasteiger partial charge in [-0.3, -0.25) is 18.7 Å². The second kappa shape index (κ2) is 7.65. The van der Waals surface area contributed by atoms with Gasteiger partial charge in [-0.2, -0.15) is 0 Å². The first kappa shape index (κ1) is 19.7. The number of nitrogens with one attached hydrogen (secondary N) is 1. The van der Waals surface area contributed by atoms with Crippen LogP contribution < -0.4 is 16.6 Å². The van der Waals surface area contributed by atoms with Crippen LogP contribution in [-0.4, -0.2) is 25.2 Å². The summed E-state index contributed by atoms with van der Waals surface area (Å²) < 4.78 is 3.43. The molecule has 0 aliphatic heterocycles. The topological polar surface area (TPSA) is 98.9 Å². The largest absolute Gasteiger partial charge is 0.331 e. The van der Waals surface area contributed by atoms with Crippen molar-refractivity contribution in [3.05, 3.63) is 60.5 Å². The van der Waals surface area contributed by atoms with Gasteiger partial charge in [0, 0.05) is 24.1 Å². The van der Waals surface area contributed by atoms with E-state index >= 15 is 0 Å². The first-order chi connectivity index (χ1) is 13.8. The number of rotatable bonds is 4. The Morgan fingerprint density at radius 1 is 1.14 bits per heavy atom. The predicted octanol–water partition coefficient (Wildman–Crippen LogP) is 2.76. The van der Waals surface area contributed by atoms with E-state index in [2.05, 4.69) is 31.4 Å². The Balaban J connectivity index is 1.56. The molecule has 0 radical (unpaired) electrons. The number of hydrogen-bond donors (Lipinski definition) is 1. The van der Waals surface area contributed by atoms with Crippen LogP contribution in [0.15, 0.2) is 43.7 Å². The molecule has 8 nitrogen and oxygen atoms in total. The third kappa shape index (κ3) is 3.68. The number of anilines is 1. The van der Waals surface area contributed by atoms with Gasteiger partial charge in [-0.1, -0.05) is 39.4 Å². The van der Waals surface area contributed by atoms with E-state index in [1.54, 1.807) is 12.4 Å². The van der Waals surface area contributed by atoms with Crippen molar-refractivity contribution in [3.63, 3.8) is 0 Å². The summed E-state index contributed by atoms with van der Waals surface area (Å²) in [7, 11) is 3.03. The smallest absolute Gasteiger partial charge is 0.300 e. The van der Waals surface area contributed by atoms with Crippen molar-refractivity contribution in [2.45, 2.75) is 6.42 Å². The molecule has 0 spiro atoms. The van der Waals surface area contributed by atoms with Gasteiger partial charge in [0.25, 0.3) is 5.56 Å². The lowest BCUT2D eigenvalue weighted by Crippen LogP contribution is -2.36. The van der Waals surface area contributed by atoms with E-state index in [0.29, 0.717) is 25.9 Å². The number of hydrogen-bond acceptors (Lipinski definition) is 7. The quantitative estimate of drug-likeness (QED) is 0.473. The first-order valence-corrected chi connectivity index (χ1v) is 10.9. The zero-order valence-electron chi connectivity index (χ0n) is 15.3. The monoisotopic (exact) mass is 491 g/mol. The maximum absolute atomic E-state index is 12.5. The number of aryl methyl sites for hydroxylation is 1. The van der Waals surface area contributed by atoms with Crippen LogP contribution in [0.4, 0.5) is 5.13 Å². The SMILES string of the molecule is Cn1c(=O)c2c(CC(=O)Nc3nnc(-c4ccc(Br)cc4)s3)csc2n(C)c1=O. The number of fused-ring (bicyclic) bond motifs is 1. The van der Waals surface area contributed by atoms with E-state index in [1.807, 2.05) is 24.3 Å². The van der Waals surface area contributed by atoms with Gasteiger partial charge in [-0.05, 0) is 23.1 Å². The Kier molecular flexibility index (Phi) is 5.19. The van der Waals surface area contributed by atoms with Crippen molar-refractivity contribution in [2.24, 2.45) is 14.1 Å². The molecule has 3 aromatic heterocycles. The minimum atomic E-state index is -0.402. The summed E-state index contributed by atoms with van der Waals surface area (Å²) in [4.78, 5) is 37.6. The minimum absolute atomic E-state index is 0.000636. The molecule has 0 unspecified atom stereocenters. The van der Waals surface area contributed by atoms with Crippen LogP contribution in [-0.2, 0) is 25.3 Å². The lowest BCUT2D eigenvalue weighted by Gasteiger charge is -2.05. The van der Waals surface area contributed by atoms with Gasteiger partial charge < -0.3 is 5.32 Å². The van der Waals surface area contributed by atoms with Crippen molar-refractivity contribution < 1.29 is 4.79 Å². The summed E-state index contributed by atoms with van der Waals surface area (Å²) in [5, 5.41) is 14.1. The number of amides is 1. The summed E-state index contributed by atoms with van der Waals surface area (Å²) in [6.45, 7) is 0. The Bertz CT molecular complexity index is 1350. The summed E-state index contributed by atoms with van der Waals surface area (Å²) in [6.07, 6.45) is 0.000636. The van der Waals surface area contributed by atoms with Gasteiger partial charge >= 0.3 is 5.69 Å². The molecule has 0 aliphatic carbocycles. The maximum atomic E-state index is 12.5. The zero-order valence-corrected chi connectivity index (χ0v) is 18.5. The molecule has 0 atom stereocenters. The van der Waals surface area contributed by atoms with Crippen LogP contribution in [0, 0.1) is 0 Å². The second-order valence-corrected chi connectivity index (χ2v) is 9.04. The normalized spacial score (nSPS) is 11.1. The molecule has 4 rings (SSSR count). The molecular formula is C18H14BrN5O3S2. The lowest BCUT2D eigenvalue weighted by atomic mass is 10.1. The van der Waals surface area contributed by atoms with E-state index in [-0.39, 0.29) is 12.3 Å². The Morgan fingerprint density at radius 2 is 1.86 bits per heavy atom. The number of carbonyl (C=O) groups excluding carboxylic acids is 1. The molecule has 4 aromatic rings. The van der Waals surface area contributed by atoms with Gasteiger partial charge in [0.05, 0.1) is 11.8 Å². The number of thiophene rings is 1. The average Bonchev–Trinajstić information content (AvgIpc) is 3.32. The molecule has 1 amide bonds. The van der Waals surface area contributed by atoms with Crippen molar-refractivity contribution in [1.82, 2.24) is 19.3 Å². The summed E-state index contributed by atoms with van der Waals surface area (Å²) >= 11 is 5.92. The van der Waals surface area contributed by atoms with Crippen LogP contribution in [0.2, 0.25) is 0 Å². The zero-order chi connectivity index (χ0) is 20.7. The predicted molar refractivity (Wildman–Crippen MR) is 118 cm³/mol. The van der Waals surface area contributed by atoms with Crippen molar-refractivity contribution in [3.8, 4) is 10.6 Å². The van der Waals surface area contributed by atoms with Crippen LogP contribution in [0.3, 0.4) is 0 Å². The van der Waals surface area contributed by atoms with Gasteiger partial charge in [-0.15, -0.1) is 21.5 Å². The fraction of sp³-hybridized carbons (Fsp3) is 0.167. The molecule has 1 aromatic carbocycles. The number of halogens is 1. The van der Waals surface area contributed by atoms with Crippen LogP contribution in [0.25, 0.3) is 20.8 Å². The van der Waals surface area contributed by atoms with Crippen LogP contribution in [0.5, 0.6) is 0 Å². The average molecular weight is 492 g/mol. The van der Waals surface area contributed by atoms with Gasteiger partial charge in [-0.25, -0.2) is 4.79 Å². The van der Waals surface area contributed by atoms with Crippen molar-refractivity contribution in [1.29, 1.82) is 0 Å². The highest BCUT2D eigenvalue weighted by atomic mass is 79.9. The standard InChI is InChI=1S/C18H14BrN5O3S2/c1-23-15(26)13-10(8-28-16(13)24(2)18(23)27)7-12(25)20-17-22-21-14(29-17)9-3-5-11(19)6-4-9/h3-6,8H,7H2,1-2H3,(H,20,22,25). The molecule has 0 aliphatic rings. The first-order valence-electron chi connectivity index (χ1n) is 8.40. The number of carbonyl (C=O) groups is 1. The van der Waals surface area contributed by atoms with Crippen LogP contribution >= 0.6 is 38.6 Å². The van der Waals surface area contributed by atoms with Gasteiger partial charge in [0.15, 0.2) is 0 Å². The highest BCUT2D eigenvalue weighted by Gasteiger charge is 2.17. The molecule has 11 heteroatoms. The Labute approximate surface area is 180 Å². The van der Waals surface area contributed by atoms with Crippen molar-refractivity contribution >= 4 is 59.9 Å².